The first-order valence-corrected chi connectivity index (χ1v) is 22.0. The molecule has 2 aliphatic heterocycles. The second kappa shape index (κ2) is 16.8. The highest BCUT2D eigenvalue weighted by molar-refractivity contribution is 7.91. The molecule has 17 heteroatoms. The largest absolute Gasteiger partial charge is 0.497 e. The number of methoxy groups -OCH3 is 1. The zero-order valence-corrected chi connectivity index (χ0v) is 36.1. The Morgan fingerprint density at radius 2 is 1.86 bits per heavy atom. The number of carbonyl (C=O) groups is 4. The number of aromatic nitrogens is 1. The van der Waals surface area contributed by atoms with Crippen molar-refractivity contribution in [2.45, 2.75) is 121 Å². The molecule has 4 aliphatic rings. The Labute approximate surface area is 346 Å². The molecule has 3 heterocycles. The Kier molecular flexibility index (Phi) is 12.5. The first-order chi connectivity index (χ1) is 27.7. The van der Waals surface area contributed by atoms with Gasteiger partial charge in [0.1, 0.15) is 52.3 Å². The maximum absolute atomic E-state index is 14.9. The second-order valence-electron chi connectivity index (χ2n) is 17.8. The molecule has 1 saturated heterocycles. The summed E-state index contributed by atoms with van der Waals surface area (Å²) in [5.41, 5.74) is -2.51. The number of nitrogens with zero attached hydrogens (tertiary/aromatic N) is 3. The average molecular weight is 843 g/mol. The molecule has 59 heavy (non-hydrogen) atoms. The summed E-state index contributed by atoms with van der Waals surface area (Å²) in [7, 11) is -0.924. The molecule has 2 aliphatic carbocycles. The van der Waals surface area contributed by atoms with E-state index in [0.717, 1.165) is 11.8 Å². The molecule has 6 rings (SSSR count). The fraction of sp³-hybridized carbons (Fsp3) is 0.643. The van der Waals surface area contributed by atoms with Crippen molar-refractivity contribution in [1.82, 2.24) is 25.2 Å². The minimum Gasteiger partial charge on any atom is -0.497 e. The Morgan fingerprint density at radius 1 is 1.14 bits per heavy atom. The van der Waals surface area contributed by atoms with E-state index in [1.165, 1.54) is 4.90 Å². The molecular weight excluding hydrogens is 784 g/mol. The SMILES string of the molecule is CCN(C)c1cc2cc(OC)ccc2c(O[C@@H]2C[C@H]3C(=O)N[C@]4(C(=O)NS(=O)(=O)C5(CF)CC5)C[C@H]4/C=C\CC[C@@H](C)C[C@@H](C)[C@H](NC(=O)OC(C)(C)C)C(=O)N3C2)n1. The molecule has 2 aromatic rings. The van der Waals surface area contributed by atoms with E-state index in [4.69, 9.17) is 19.2 Å². The molecule has 7 atom stereocenters. The summed E-state index contributed by atoms with van der Waals surface area (Å²) in [6.45, 7) is 10.5. The summed E-state index contributed by atoms with van der Waals surface area (Å²) < 4.78 is 58.5. The maximum atomic E-state index is 14.9. The minimum absolute atomic E-state index is 0.0177. The number of alkyl carbamates (subject to hydrolysis) is 1. The molecule has 1 aromatic heterocycles. The molecular formula is C42H59FN6O9S. The molecule has 0 bridgehead atoms. The van der Waals surface area contributed by atoms with Crippen molar-refractivity contribution in [1.29, 1.82) is 0 Å². The van der Waals surface area contributed by atoms with Gasteiger partial charge in [-0.15, -0.1) is 0 Å². The van der Waals surface area contributed by atoms with E-state index in [9.17, 15) is 32.0 Å². The Morgan fingerprint density at radius 3 is 2.51 bits per heavy atom. The summed E-state index contributed by atoms with van der Waals surface area (Å²) in [5.74, 6) is -1.47. The van der Waals surface area contributed by atoms with Crippen molar-refractivity contribution in [2.75, 3.05) is 38.8 Å². The number of hydrogen-bond donors (Lipinski definition) is 3. The summed E-state index contributed by atoms with van der Waals surface area (Å²) >= 11 is 0. The second-order valence-corrected chi connectivity index (χ2v) is 19.9. The van der Waals surface area contributed by atoms with Crippen LogP contribution in [0.15, 0.2) is 36.4 Å². The Hall–Kier alpha value is -4.67. The number of pyridine rings is 1. The number of benzene rings is 1. The minimum atomic E-state index is -4.40. The summed E-state index contributed by atoms with van der Waals surface area (Å²) in [4.78, 5) is 65.0. The highest BCUT2D eigenvalue weighted by Gasteiger charge is 2.64. The summed E-state index contributed by atoms with van der Waals surface area (Å²) in [6, 6.07) is 5.10. The summed E-state index contributed by atoms with van der Waals surface area (Å²) in [5, 5.41) is 7.13. The fourth-order valence-electron chi connectivity index (χ4n) is 8.11. The smallest absolute Gasteiger partial charge is 0.408 e. The molecule has 0 unspecified atom stereocenters. The lowest BCUT2D eigenvalue weighted by atomic mass is 9.88. The van der Waals surface area contributed by atoms with E-state index >= 15 is 0 Å². The van der Waals surface area contributed by atoms with Gasteiger partial charge in [0, 0.05) is 31.3 Å². The first kappa shape index (κ1) is 43.9. The molecule has 3 fully saturated rings. The molecule has 2 saturated carbocycles. The van der Waals surface area contributed by atoms with Gasteiger partial charge in [0.15, 0.2) is 0 Å². The van der Waals surface area contributed by atoms with Gasteiger partial charge in [0.2, 0.25) is 27.7 Å². The van der Waals surface area contributed by atoms with Gasteiger partial charge in [0.25, 0.3) is 5.91 Å². The highest BCUT2D eigenvalue weighted by atomic mass is 32.2. The number of allylic oxidation sites excluding steroid dienone is 1. The van der Waals surface area contributed by atoms with E-state index in [0.29, 0.717) is 36.3 Å². The predicted octanol–water partition coefficient (Wildman–Crippen LogP) is 4.78. The van der Waals surface area contributed by atoms with E-state index in [2.05, 4.69) is 22.3 Å². The lowest BCUT2D eigenvalue weighted by Crippen LogP contribution is -2.59. The normalized spacial score (nSPS) is 28.8. The van der Waals surface area contributed by atoms with E-state index < -0.39 is 80.5 Å². The molecule has 4 amide bonds. The van der Waals surface area contributed by atoms with Crippen LogP contribution in [-0.2, 0) is 29.1 Å². The fourth-order valence-corrected chi connectivity index (χ4v) is 9.53. The lowest BCUT2D eigenvalue weighted by Gasteiger charge is -2.33. The highest BCUT2D eigenvalue weighted by Crippen LogP contribution is 2.48. The Bertz CT molecular complexity index is 2090. The lowest BCUT2D eigenvalue weighted by molar-refractivity contribution is -0.142. The van der Waals surface area contributed by atoms with Crippen molar-refractivity contribution in [3.8, 4) is 11.6 Å². The van der Waals surface area contributed by atoms with Crippen LogP contribution in [0.5, 0.6) is 11.6 Å². The van der Waals surface area contributed by atoms with Crippen LogP contribution in [0, 0.1) is 17.8 Å². The van der Waals surface area contributed by atoms with Crippen LogP contribution in [-0.4, -0.2) is 110 Å². The van der Waals surface area contributed by atoms with E-state index in [-0.39, 0.29) is 49.9 Å². The van der Waals surface area contributed by atoms with Gasteiger partial charge in [-0.3, -0.25) is 19.1 Å². The third-order valence-electron chi connectivity index (χ3n) is 12.1. The molecule has 3 N–H and O–H groups in total. The quantitative estimate of drug-likeness (QED) is 0.280. The van der Waals surface area contributed by atoms with Crippen molar-refractivity contribution in [2.24, 2.45) is 17.8 Å². The van der Waals surface area contributed by atoms with Gasteiger partial charge < -0.3 is 34.6 Å². The van der Waals surface area contributed by atoms with Crippen molar-refractivity contribution < 1.29 is 46.2 Å². The number of amides is 4. The molecule has 324 valence electrons. The van der Waals surface area contributed by atoms with Gasteiger partial charge in [0.05, 0.1) is 13.7 Å². The van der Waals surface area contributed by atoms with E-state index in [1.54, 1.807) is 33.9 Å². The standard InChI is InChI=1S/C42H59FN6O9S/c1-9-48(7)33-20-27-19-29(56-8)14-15-31(27)36(44-33)57-30-21-32-35(50)46-42(38(52)47-59(54,55)41(24-43)16-17-41)22-28(42)13-11-10-12-25(2)18-26(3)34(37(51)49(32)23-30)45-39(53)58-40(4,5)6/h11,13-15,19-20,25-26,28,30,32,34H,9-10,12,16-18,21-24H2,1-8H3,(H,45,53)(H,46,50)(H,47,52)/b13-11-/t25-,26-,28-,30-,32+,34+,42-/m1/s1. The van der Waals surface area contributed by atoms with Crippen LogP contribution < -0.4 is 29.7 Å². The van der Waals surface area contributed by atoms with Gasteiger partial charge >= 0.3 is 6.09 Å². The predicted molar refractivity (Wildman–Crippen MR) is 220 cm³/mol. The zero-order valence-electron chi connectivity index (χ0n) is 35.3. The van der Waals surface area contributed by atoms with Crippen molar-refractivity contribution in [3.05, 3.63) is 36.4 Å². The van der Waals surface area contributed by atoms with Gasteiger partial charge in [-0.25, -0.2) is 17.6 Å². The number of ether oxygens (including phenoxy) is 3. The van der Waals surface area contributed by atoms with Crippen molar-refractivity contribution in [3.63, 3.8) is 0 Å². The molecule has 0 radical (unpaired) electrons. The number of nitrogens with one attached hydrogen (secondary N) is 3. The van der Waals surface area contributed by atoms with Crippen LogP contribution in [0.3, 0.4) is 0 Å². The summed E-state index contributed by atoms with van der Waals surface area (Å²) in [6.07, 6.45) is 4.32. The topological polar surface area (TPSA) is 186 Å². The third kappa shape index (κ3) is 9.39. The first-order valence-electron chi connectivity index (χ1n) is 20.5. The number of rotatable bonds is 10. The molecule has 0 spiro atoms. The van der Waals surface area contributed by atoms with E-state index in [1.807, 2.05) is 56.1 Å². The van der Waals surface area contributed by atoms with Gasteiger partial charge in [-0.05, 0) is 108 Å². The Balaban J connectivity index is 1.38. The maximum Gasteiger partial charge on any atom is 0.408 e. The van der Waals surface area contributed by atoms with Crippen LogP contribution in [0.1, 0.15) is 86.5 Å². The number of sulfonamides is 1. The number of hydrogen-bond acceptors (Lipinski definition) is 11. The number of carbonyl (C=O) groups excluding carboxylic acids is 4. The average Bonchev–Trinajstić information content (AvgIpc) is 4.08. The monoisotopic (exact) mass is 842 g/mol. The van der Waals surface area contributed by atoms with Gasteiger partial charge in [-0.1, -0.05) is 26.0 Å². The number of halogens is 1. The zero-order chi connectivity index (χ0) is 43.1. The van der Waals surface area contributed by atoms with Crippen LogP contribution in [0.4, 0.5) is 15.0 Å². The van der Waals surface area contributed by atoms with Crippen LogP contribution in [0.2, 0.25) is 0 Å². The number of anilines is 1. The van der Waals surface area contributed by atoms with Crippen LogP contribution in [0.25, 0.3) is 10.8 Å². The van der Waals surface area contributed by atoms with Crippen LogP contribution >= 0.6 is 0 Å². The number of alkyl halides is 1. The number of fused-ring (bicyclic) bond motifs is 3. The molecule has 1 aromatic carbocycles. The third-order valence-corrected chi connectivity index (χ3v) is 14.2. The van der Waals surface area contributed by atoms with Gasteiger partial charge in [-0.2, -0.15) is 4.98 Å². The van der Waals surface area contributed by atoms with Crippen molar-refractivity contribution >= 4 is 50.4 Å². The molecule has 15 nitrogen and oxygen atoms in total.